The normalized spacial score (nSPS) is 15.4. The van der Waals surface area contributed by atoms with Crippen molar-refractivity contribution in [2.45, 2.75) is 38.6 Å². The predicted molar refractivity (Wildman–Crippen MR) is 87.6 cm³/mol. The van der Waals surface area contributed by atoms with Gasteiger partial charge in [0.25, 0.3) is 0 Å². The fraction of sp³-hybridized carbons (Fsp3) is 0.368. The fourth-order valence-electron chi connectivity index (χ4n) is 2.64. The molecule has 0 amide bonds. The predicted octanol–water partition coefficient (Wildman–Crippen LogP) is 3.31. The van der Waals surface area contributed by atoms with Gasteiger partial charge in [0, 0.05) is 0 Å². The van der Waals surface area contributed by atoms with Crippen molar-refractivity contribution >= 4 is 0 Å². The first-order valence-corrected chi connectivity index (χ1v) is 7.95. The topological polar surface area (TPSA) is 47.9 Å². The Hall–Kier alpha value is -2.04. The molecule has 2 atom stereocenters. The fourth-order valence-corrected chi connectivity index (χ4v) is 2.64. The van der Waals surface area contributed by atoms with E-state index in [4.69, 9.17) is 14.2 Å². The lowest BCUT2D eigenvalue weighted by molar-refractivity contribution is -0.0377. The van der Waals surface area contributed by atoms with Crippen LogP contribution in [0.15, 0.2) is 48.5 Å². The smallest absolute Gasteiger partial charge is 0.231 e. The third-order valence-electron chi connectivity index (χ3n) is 4.09. The van der Waals surface area contributed by atoms with Crippen molar-refractivity contribution in [2.24, 2.45) is 0 Å². The Morgan fingerprint density at radius 2 is 1.91 bits per heavy atom. The molecule has 0 aromatic heterocycles. The Morgan fingerprint density at radius 1 is 1.09 bits per heavy atom. The van der Waals surface area contributed by atoms with E-state index in [1.165, 1.54) is 0 Å². The molecule has 1 aliphatic heterocycles. The van der Waals surface area contributed by atoms with Gasteiger partial charge in [-0.25, -0.2) is 0 Å². The molecular formula is C19H22O4. The number of aryl methyl sites for hydroxylation is 1. The van der Waals surface area contributed by atoms with E-state index in [9.17, 15) is 5.11 Å². The minimum absolute atomic E-state index is 0.218. The highest BCUT2D eigenvalue weighted by molar-refractivity contribution is 5.48. The van der Waals surface area contributed by atoms with Gasteiger partial charge < -0.3 is 19.3 Å². The lowest BCUT2D eigenvalue weighted by Gasteiger charge is -2.20. The van der Waals surface area contributed by atoms with Crippen LogP contribution in [0.25, 0.3) is 0 Å². The molecule has 0 bridgehead atoms. The molecule has 4 heteroatoms. The molecule has 4 nitrogen and oxygen atoms in total. The van der Waals surface area contributed by atoms with Crippen LogP contribution < -0.4 is 9.47 Å². The van der Waals surface area contributed by atoms with Crippen molar-refractivity contribution in [1.29, 1.82) is 0 Å². The van der Waals surface area contributed by atoms with Crippen LogP contribution in [0.1, 0.15) is 24.5 Å². The average Bonchev–Trinajstić information content (AvgIpc) is 3.07. The minimum atomic E-state index is -0.517. The second-order valence-corrected chi connectivity index (χ2v) is 5.76. The number of fused-ring (bicyclic) bond motifs is 1. The molecular weight excluding hydrogens is 292 g/mol. The number of aliphatic hydroxyl groups is 1. The summed E-state index contributed by atoms with van der Waals surface area (Å²) in [6.45, 7) is 2.69. The van der Waals surface area contributed by atoms with Gasteiger partial charge in [0.15, 0.2) is 11.5 Å². The molecule has 2 aromatic carbocycles. The van der Waals surface area contributed by atoms with Gasteiger partial charge in [-0.3, -0.25) is 0 Å². The van der Waals surface area contributed by atoms with Crippen LogP contribution in [0.4, 0.5) is 0 Å². The molecule has 23 heavy (non-hydrogen) atoms. The highest BCUT2D eigenvalue weighted by Crippen LogP contribution is 2.36. The second-order valence-electron chi connectivity index (χ2n) is 5.76. The maximum atomic E-state index is 10.3. The van der Waals surface area contributed by atoms with Crippen LogP contribution in [0.5, 0.6) is 11.5 Å². The van der Waals surface area contributed by atoms with Crippen molar-refractivity contribution in [2.75, 3.05) is 6.79 Å². The summed E-state index contributed by atoms with van der Waals surface area (Å²) in [5, 5.41) is 10.3. The summed E-state index contributed by atoms with van der Waals surface area (Å²) in [6.07, 6.45) is 0.615. The van der Waals surface area contributed by atoms with Gasteiger partial charge >= 0.3 is 0 Å². The molecule has 0 saturated carbocycles. The summed E-state index contributed by atoms with van der Waals surface area (Å²) in [5.74, 6) is 1.59. The molecule has 0 aliphatic carbocycles. The van der Waals surface area contributed by atoms with E-state index < -0.39 is 6.10 Å². The molecule has 1 aliphatic rings. The standard InChI is InChI=1S/C19H22O4/c1-14(21-12-15-6-3-2-4-7-15)17(20)11-10-16-8-5-9-18-19(16)23-13-22-18/h2-9,14,17,20H,10-13H2,1H3/t14-,17-/m0/s1. The summed E-state index contributed by atoms with van der Waals surface area (Å²) < 4.78 is 16.6. The van der Waals surface area contributed by atoms with Crippen molar-refractivity contribution in [3.63, 3.8) is 0 Å². The van der Waals surface area contributed by atoms with E-state index in [1.807, 2.05) is 55.5 Å². The second kappa shape index (κ2) is 7.49. The van der Waals surface area contributed by atoms with Gasteiger partial charge in [-0.2, -0.15) is 0 Å². The van der Waals surface area contributed by atoms with E-state index in [-0.39, 0.29) is 12.9 Å². The zero-order chi connectivity index (χ0) is 16.1. The van der Waals surface area contributed by atoms with E-state index >= 15 is 0 Å². The number of hydrogen-bond acceptors (Lipinski definition) is 4. The van der Waals surface area contributed by atoms with Gasteiger partial charge in [-0.05, 0) is 37.0 Å². The Bertz CT molecular complexity index is 627. The maximum absolute atomic E-state index is 10.3. The molecule has 0 unspecified atom stereocenters. The number of aliphatic hydroxyl groups excluding tert-OH is 1. The van der Waals surface area contributed by atoms with Crippen LogP contribution in [0.3, 0.4) is 0 Å². The van der Waals surface area contributed by atoms with E-state index in [0.717, 1.165) is 29.0 Å². The summed E-state index contributed by atoms with van der Waals surface area (Å²) in [6, 6.07) is 15.8. The molecule has 3 rings (SSSR count). The van der Waals surface area contributed by atoms with Crippen LogP contribution in [0.2, 0.25) is 0 Å². The van der Waals surface area contributed by atoms with Crippen LogP contribution in [0, 0.1) is 0 Å². The number of hydrogen-bond donors (Lipinski definition) is 1. The molecule has 122 valence electrons. The van der Waals surface area contributed by atoms with Gasteiger partial charge in [0.1, 0.15) is 0 Å². The lowest BCUT2D eigenvalue weighted by atomic mass is 10.0. The van der Waals surface area contributed by atoms with Gasteiger partial charge in [0.2, 0.25) is 6.79 Å². The molecule has 2 aromatic rings. The van der Waals surface area contributed by atoms with E-state index in [1.54, 1.807) is 0 Å². The highest BCUT2D eigenvalue weighted by atomic mass is 16.7. The molecule has 1 heterocycles. The minimum Gasteiger partial charge on any atom is -0.454 e. The Morgan fingerprint density at radius 3 is 2.74 bits per heavy atom. The Balaban J connectivity index is 1.49. The van der Waals surface area contributed by atoms with Crippen LogP contribution in [-0.4, -0.2) is 24.1 Å². The summed E-state index contributed by atoms with van der Waals surface area (Å²) in [7, 11) is 0. The van der Waals surface area contributed by atoms with Crippen LogP contribution in [-0.2, 0) is 17.8 Å². The third-order valence-corrected chi connectivity index (χ3v) is 4.09. The lowest BCUT2D eigenvalue weighted by Crippen LogP contribution is -2.26. The number of ether oxygens (including phenoxy) is 3. The number of rotatable bonds is 7. The number of para-hydroxylation sites is 1. The van der Waals surface area contributed by atoms with Crippen molar-refractivity contribution in [3.8, 4) is 11.5 Å². The van der Waals surface area contributed by atoms with Gasteiger partial charge in [-0.1, -0.05) is 42.5 Å². The Kier molecular flexibility index (Phi) is 5.16. The Labute approximate surface area is 136 Å². The van der Waals surface area contributed by atoms with Gasteiger partial charge in [-0.15, -0.1) is 0 Å². The van der Waals surface area contributed by atoms with E-state index in [0.29, 0.717) is 13.0 Å². The summed E-state index contributed by atoms with van der Waals surface area (Å²) >= 11 is 0. The third kappa shape index (κ3) is 4.03. The first-order valence-electron chi connectivity index (χ1n) is 7.95. The summed E-state index contributed by atoms with van der Waals surface area (Å²) in [4.78, 5) is 0. The van der Waals surface area contributed by atoms with Crippen molar-refractivity contribution < 1.29 is 19.3 Å². The first-order chi connectivity index (χ1) is 11.2. The zero-order valence-corrected chi connectivity index (χ0v) is 13.3. The average molecular weight is 314 g/mol. The van der Waals surface area contributed by atoms with Gasteiger partial charge in [0.05, 0.1) is 18.8 Å². The molecule has 0 fully saturated rings. The SMILES string of the molecule is C[C@H](OCc1ccccc1)[C@@H](O)CCc1cccc2c1OCO2. The molecule has 0 spiro atoms. The molecule has 0 saturated heterocycles. The highest BCUT2D eigenvalue weighted by Gasteiger charge is 2.20. The maximum Gasteiger partial charge on any atom is 0.231 e. The van der Waals surface area contributed by atoms with Crippen molar-refractivity contribution in [1.82, 2.24) is 0 Å². The monoisotopic (exact) mass is 314 g/mol. The van der Waals surface area contributed by atoms with E-state index in [2.05, 4.69) is 0 Å². The summed E-state index contributed by atoms with van der Waals surface area (Å²) in [5.41, 5.74) is 2.17. The molecule has 1 N–H and O–H groups in total. The zero-order valence-electron chi connectivity index (χ0n) is 13.3. The van der Waals surface area contributed by atoms with Crippen molar-refractivity contribution in [3.05, 3.63) is 59.7 Å². The number of benzene rings is 2. The quantitative estimate of drug-likeness (QED) is 0.852. The largest absolute Gasteiger partial charge is 0.454 e. The van der Waals surface area contributed by atoms with Crippen LogP contribution >= 0.6 is 0 Å². The molecule has 0 radical (unpaired) electrons. The first kappa shape index (κ1) is 15.8.